The smallest absolute Gasteiger partial charge is 0.332 e. The van der Waals surface area contributed by atoms with Crippen LogP contribution in [0.4, 0.5) is 11.5 Å². The lowest BCUT2D eigenvalue weighted by Gasteiger charge is -2.28. The number of ether oxygens (including phenoxy) is 2. The summed E-state index contributed by atoms with van der Waals surface area (Å²) in [6, 6.07) is 10.8. The molecule has 1 aliphatic heterocycles. The highest BCUT2D eigenvalue weighted by Gasteiger charge is 2.24. The number of nitrogens with one attached hydrogen (secondary N) is 2. The molecular weight excluding hydrogens is 647 g/mol. The number of nitrogens with zero attached hydrogens (tertiary/aromatic N) is 6. The quantitative estimate of drug-likeness (QED) is 0.219. The lowest BCUT2D eigenvalue weighted by atomic mass is 10.0. The van der Waals surface area contributed by atoms with E-state index in [0.717, 1.165) is 4.57 Å². The van der Waals surface area contributed by atoms with Gasteiger partial charge in [0.1, 0.15) is 22.7 Å². The van der Waals surface area contributed by atoms with Crippen molar-refractivity contribution in [2.75, 3.05) is 25.6 Å². The number of aryl methyl sites for hydroxylation is 2. The van der Waals surface area contributed by atoms with E-state index < -0.39 is 17.4 Å². The van der Waals surface area contributed by atoms with Gasteiger partial charge in [0.25, 0.3) is 5.56 Å². The van der Waals surface area contributed by atoms with Crippen LogP contribution in [0.1, 0.15) is 17.9 Å². The number of fused-ring (bicyclic) bond motifs is 1. The average molecular weight is 680 g/mol. The average Bonchev–Trinajstić information content (AvgIpc) is 3.07. The van der Waals surface area contributed by atoms with Gasteiger partial charge in [-0.2, -0.15) is 0 Å². The van der Waals surface area contributed by atoms with E-state index in [9.17, 15) is 14.7 Å². The van der Waals surface area contributed by atoms with Crippen LogP contribution in [-0.4, -0.2) is 66.6 Å². The van der Waals surface area contributed by atoms with Crippen LogP contribution in [0.5, 0.6) is 5.88 Å². The van der Waals surface area contributed by atoms with Crippen molar-refractivity contribution in [1.29, 1.82) is 0 Å². The fourth-order valence-electron chi connectivity index (χ4n) is 5.56. The molecule has 4 heterocycles. The van der Waals surface area contributed by atoms with Gasteiger partial charge >= 0.3 is 5.69 Å². The van der Waals surface area contributed by atoms with Gasteiger partial charge in [-0.15, -0.1) is 0 Å². The van der Waals surface area contributed by atoms with Crippen molar-refractivity contribution in [3.8, 4) is 28.3 Å². The molecule has 6 rings (SSSR count). The summed E-state index contributed by atoms with van der Waals surface area (Å²) in [5.74, 6) is 0.912. The first kappa shape index (κ1) is 32.5. The molecular formula is C32H32Cl2N8O5. The highest BCUT2D eigenvalue weighted by atomic mass is 35.5. The summed E-state index contributed by atoms with van der Waals surface area (Å²) in [4.78, 5) is 43.8. The highest BCUT2D eigenvalue weighted by Crippen LogP contribution is 2.42. The molecule has 0 bridgehead atoms. The molecule has 15 heteroatoms. The molecule has 0 radical (unpaired) electrons. The van der Waals surface area contributed by atoms with Gasteiger partial charge in [0, 0.05) is 50.0 Å². The molecule has 2 aromatic carbocycles. The van der Waals surface area contributed by atoms with E-state index in [4.69, 9.17) is 32.7 Å². The lowest BCUT2D eigenvalue weighted by molar-refractivity contribution is -0.0281. The maximum Gasteiger partial charge on any atom is 0.332 e. The van der Waals surface area contributed by atoms with Crippen molar-refractivity contribution in [3.05, 3.63) is 85.0 Å². The van der Waals surface area contributed by atoms with E-state index in [-0.39, 0.29) is 29.5 Å². The minimum atomic E-state index is -0.601. The van der Waals surface area contributed by atoms with E-state index in [1.807, 2.05) is 24.3 Å². The van der Waals surface area contributed by atoms with Crippen LogP contribution < -0.4 is 26.6 Å². The summed E-state index contributed by atoms with van der Waals surface area (Å²) in [7, 11) is 4.47. The predicted octanol–water partition coefficient (Wildman–Crippen LogP) is 3.76. The van der Waals surface area contributed by atoms with Crippen LogP contribution in [0.25, 0.3) is 33.4 Å². The first-order chi connectivity index (χ1) is 22.6. The van der Waals surface area contributed by atoms with Crippen LogP contribution in [0.15, 0.2) is 52.2 Å². The van der Waals surface area contributed by atoms with E-state index in [0.29, 0.717) is 75.1 Å². The summed E-state index contributed by atoms with van der Waals surface area (Å²) >= 11 is 14.0. The number of anilines is 2. The number of halogens is 2. The van der Waals surface area contributed by atoms with E-state index >= 15 is 0 Å². The van der Waals surface area contributed by atoms with Crippen LogP contribution in [0.3, 0.4) is 0 Å². The number of aliphatic hydroxyl groups is 1. The molecule has 5 aromatic rings. The molecule has 0 aliphatic carbocycles. The standard InChI is InChI=1S/C32H32Cl2N8O5/c1-16-37-28(25-29(38-16)41(2)32(45)42(3)31(25)44)39-21-10-6-8-18(27(21)34)17-7-5-9-19(26(17)33)22-13-36-23(30(40-22)46-4)14-35-20-11-12-47-15-24(20)43/h5-10,13,20,24,35,43H,11-12,14-15H2,1-4H3,(H,37,38,39). The van der Waals surface area contributed by atoms with Gasteiger partial charge in [0.2, 0.25) is 5.88 Å². The zero-order valence-corrected chi connectivity index (χ0v) is 27.6. The molecule has 1 saturated heterocycles. The molecule has 0 saturated carbocycles. The second-order valence-electron chi connectivity index (χ2n) is 11.1. The number of aromatic nitrogens is 6. The SMILES string of the molecule is COc1nc(-c2cccc(-c3cccc(Nc4nc(C)nc5c4c(=O)n(C)c(=O)n5C)c3Cl)c2Cl)cnc1CNC1CCOCC1O. The third-order valence-electron chi connectivity index (χ3n) is 8.09. The Kier molecular flexibility index (Phi) is 9.26. The maximum atomic E-state index is 13.1. The fourth-order valence-corrected chi connectivity index (χ4v) is 6.16. The molecule has 1 fully saturated rings. The molecule has 3 aromatic heterocycles. The Hall–Kier alpha value is -4.40. The van der Waals surface area contributed by atoms with Crippen molar-refractivity contribution in [2.45, 2.75) is 32.0 Å². The molecule has 13 nitrogen and oxygen atoms in total. The molecule has 47 heavy (non-hydrogen) atoms. The number of methoxy groups -OCH3 is 1. The zero-order chi connectivity index (χ0) is 33.4. The third kappa shape index (κ3) is 6.20. The van der Waals surface area contributed by atoms with Gasteiger partial charge in [-0.3, -0.25) is 18.9 Å². The fraction of sp³-hybridized carbons (Fsp3) is 0.312. The number of hydrogen-bond acceptors (Lipinski definition) is 11. The molecule has 1 aliphatic rings. The molecule has 0 spiro atoms. The Morgan fingerprint density at radius 3 is 2.49 bits per heavy atom. The Bertz CT molecular complexity index is 2120. The third-order valence-corrected chi connectivity index (χ3v) is 8.91. The number of benzene rings is 2. The van der Waals surface area contributed by atoms with Gasteiger partial charge in [0.05, 0.1) is 47.4 Å². The van der Waals surface area contributed by atoms with Gasteiger partial charge in [-0.05, 0) is 19.4 Å². The van der Waals surface area contributed by atoms with Crippen LogP contribution >= 0.6 is 23.2 Å². The highest BCUT2D eigenvalue weighted by molar-refractivity contribution is 6.39. The lowest BCUT2D eigenvalue weighted by Crippen LogP contribution is -2.46. The number of hydrogen-bond donors (Lipinski definition) is 3. The van der Waals surface area contributed by atoms with Gasteiger partial charge in [-0.25, -0.2) is 19.7 Å². The van der Waals surface area contributed by atoms with E-state index in [2.05, 4.69) is 30.6 Å². The Morgan fingerprint density at radius 2 is 1.74 bits per heavy atom. The second-order valence-corrected chi connectivity index (χ2v) is 11.9. The van der Waals surface area contributed by atoms with Crippen molar-refractivity contribution in [2.24, 2.45) is 14.1 Å². The number of aliphatic hydroxyl groups excluding tert-OH is 1. The minimum Gasteiger partial charge on any atom is -0.480 e. The first-order valence-corrected chi connectivity index (χ1v) is 15.5. The summed E-state index contributed by atoms with van der Waals surface area (Å²) in [6.45, 7) is 2.89. The maximum absolute atomic E-state index is 13.1. The van der Waals surface area contributed by atoms with Crippen molar-refractivity contribution in [3.63, 3.8) is 0 Å². The molecule has 244 valence electrons. The molecule has 0 amide bonds. The largest absolute Gasteiger partial charge is 0.480 e. The van der Waals surface area contributed by atoms with Crippen LogP contribution in [-0.2, 0) is 25.4 Å². The van der Waals surface area contributed by atoms with Gasteiger partial charge in [-0.1, -0.05) is 53.5 Å². The van der Waals surface area contributed by atoms with Crippen molar-refractivity contribution >= 4 is 45.7 Å². The van der Waals surface area contributed by atoms with Crippen LogP contribution in [0.2, 0.25) is 10.0 Å². The summed E-state index contributed by atoms with van der Waals surface area (Å²) in [5.41, 5.74) is 2.60. The Morgan fingerprint density at radius 1 is 1.02 bits per heavy atom. The summed E-state index contributed by atoms with van der Waals surface area (Å²) in [6.07, 6.45) is 1.71. The van der Waals surface area contributed by atoms with E-state index in [1.54, 1.807) is 32.3 Å². The minimum absolute atomic E-state index is 0.118. The first-order valence-electron chi connectivity index (χ1n) is 14.8. The van der Waals surface area contributed by atoms with E-state index in [1.165, 1.54) is 18.7 Å². The predicted molar refractivity (Wildman–Crippen MR) is 180 cm³/mol. The van der Waals surface area contributed by atoms with Crippen molar-refractivity contribution in [1.82, 2.24) is 34.4 Å². The summed E-state index contributed by atoms with van der Waals surface area (Å²) < 4.78 is 13.2. The molecule has 2 unspecified atom stereocenters. The zero-order valence-electron chi connectivity index (χ0n) is 26.0. The Balaban J connectivity index is 1.34. The molecule has 3 N–H and O–H groups in total. The second kappa shape index (κ2) is 13.4. The Labute approximate surface area is 279 Å². The monoisotopic (exact) mass is 678 g/mol. The normalized spacial score (nSPS) is 16.4. The molecule has 2 atom stereocenters. The van der Waals surface area contributed by atoms with Gasteiger partial charge in [0.15, 0.2) is 5.65 Å². The van der Waals surface area contributed by atoms with Crippen molar-refractivity contribution < 1.29 is 14.6 Å². The van der Waals surface area contributed by atoms with Crippen LogP contribution in [0, 0.1) is 6.92 Å². The summed E-state index contributed by atoms with van der Waals surface area (Å²) in [5, 5.41) is 17.6. The van der Waals surface area contributed by atoms with Gasteiger partial charge < -0.3 is 25.2 Å². The number of rotatable bonds is 8. The topological polar surface area (TPSA) is 158 Å².